The molecule has 0 saturated carbocycles. The van der Waals surface area contributed by atoms with Crippen LogP contribution in [0.3, 0.4) is 0 Å². The van der Waals surface area contributed by atoms with Gasteiger partial charge in [-0.2, -0.15) is 0 Å². The molecule has 1 aromatic rings. The van der Waals surface area contributed by atoms with Crippen molar-refractivity contribution >= 4 is 18.1 Å². The van der Waals surface area contributed by atoms with E-state index in [0.717, 1.165) is 5.56 Å². The number of amides is 1. The van der Waals surface area contributed by atoms with Crippen LogP contribution in [-0.4, -0.2) is 35.4 Å². The molecule has 7 heteroatoms. The van der Waals surface area contributed by atoms with Crippen molar-refractivity contribution in [2.24, 2.45) is 13.0 Å². The number of nitrogens with one attached hydrogen (secondary N) is 1. The molecule has 0 aliphatic rings. The lowest BCUT2D eigenvalue weighted by Gasteiger charge is -2.24. The third-order valence-electron chi connectivity index (χ3n) is 3.37. The first-order valence-corrected chi connectivity index (χ1v) is 7.96. The fraction of sp³-hybridized carbons (Fsp3) is 0.556. The van der Waals surface area contributed by atoms with Gasteiger partial charge in [-0.25, -0.2) is 9.59 Å². The Hall–Kier alpha value is -2.28. The lowest BCUT2D eigenvalue weighted by atomic mass is 10.0. The van der Waals surface area contributed by atoms with E-state index in [1.54, 1.807) is 17.8 Å². The van der Waals surface area contributed by atoms with Gasteiger partial charge in [0.05, 0.1) is 13.2 Å². The second-order valence-electron chi connectivity index (χ2n) is 7.00. The number of ether oxygens (including phenoxy) is 2. The molecule has 1 aromatic heterocycles. The molecular weight excluding hydrogens is 322 g/mol. The number of esters is 1. The van der Waals surface area contributed by atoms with Crippen molar-refractivity contribution in [2.75, 3.05) is 7.11 Å². The Morgan fingerprint density at radius 1 is 1.28 bits per heavy atom. The molecule has 0 saturated heterocycles. The van der Waals surface area contributed by atoms with Gasteiger partial charge in [0.2, 0.25) is 0 Å². The fourth-order valence-corrected chi connectivity index (χ4v) is 2.13. The molecule has 0 aliphatic carbocycles. The Kier molecular flexibility index (Phi) is 8.42. The highest BCUT2D eigenvalue weighted by Gasteiger charge is 2.20. The van der Waals surface area contributed by atoms with Crippen LogP contribution in [0.1, 0.15) is 50.7 Å². The van der Waals surface area contributed by atoms with Crippen LogP contribution in [0.25, 0.3) is 6.08 Å². The molecule has 4 N–H and O–H groups in total. The van der Waals surface area contributed by atoms with E-state index >= 15 is 0 Å². The number of aryl methyl sites for hydroxylation is 1. The molecule has 0 bridgehead atoms. The summed E-state index contributed by atoms with van der Waals surface area (Å²) in [6.45, 7) is 9.45. The highest BCUT2D eigenvalue weighted by molar-refractivity contribution is 5.92. The summed E-state index contributed by atoms with van der Waals surface area (Å²) in [5.41, 5.74) is 0.654. The summed E-state index contributed by atoms with van der Waals surface area (Å²) in [5.74, 6) is -0.234. The predicted molar refractivity (Wildman–Crippen MR) is 98.8 cm³/mol. The molecule has 0 aromatic carbocycles. The zero-order valence-electron chi connectivity index (χ0n) is 16.3. The first kappa shape index (κ1) is 22.7. The second kappa shape index (κ2) is 9.27. The van der Waals surface area contributed by atoms with Crippen LogP contribution in [0.2, 0.25) is 0 Å². The smallest absolute Gasteiger partial charge is 0.408 e. The molecule has 25 heavy (non-hydrogen) atoms. The highest BCUT2D eigenvalue weighted by Crippen LogP contribution is 2.15. The van der Waals surface area contributed by atoms with Crippen LogP contribution in [0, 0.1) is 5.92 Å². The zero-order valence-corrected chi connectivity index (χ0v) is 16.3. The number of nitrogens with zero attached hydrogens (tertiary/aromatic N) is 1. The largest absolute Gasteiger partial charge is 0.464 e. The number of carbonyl (C=O) groups is 2. The van der Waals surface area contributed by atoms with Gasteiger partial charge in [0.1, 0.15) is 11.3 Å². The van der Waals surface area contributed by atoms with Gasteiger partial charge in [-0.1, -0.05) is 26.0 Å². The van der Waals surface area contributed by atoms with Crippen LogP contribution < -0.4 is 11.5 Å². The summed E-state index contributed by atoms with van der Waals surface area (Å²) in [6, 6.07) is 1.61. The van der Waals surface area contributed by atoms with Crippen LogP contribution >= 0.6 is 0 Å². The van der Waals surface area contributed by atoms with E-state index in [1.807, 2.05) is 52.8 Å². The summed E-state index contributed by atoms with van der Waals surface area (Å²) in [4.78, 5) is 23.8. The van der Waals surface area contributed by atoms with Gasteiger partial charge >= 0.3 is 12.1 Å². The number of hydrogen-bond donors (Lipinski definition) is 2. The summed E-state index contributed by atoms with van der Waals surface area (Å²) in [6.07, 6.45) is 4.99. The van der Waals surface area contributed by atoms with Crippen LogP contribution in [0.15, 0.2) is 18.3 Å². The van der Waals surface area contributed by atoms with Crippen LogP contribution in [0.5, 0.6) is 0 Å². The maximum Gasteiger partial charge on any atom is 0.408 e. The summed E-state index contributed by atoms with van der Waals surface area (Å²) in [7, 11) is 3.13. The Balaban J connectivity index is 0.00000576. The topological polar surface area (TPSA) is 105 Å². The van der Waals surface area contributed by atoms with Crippen LogP contribution in [0.4, 0.5) is 4.79 Å². The average Bonchev–Trinajstić information content (AvgIpc) is 2.81. The number of rotatable bonds is 5. The minimum atomic E-state index is -0.549. The zero-order chi connectivity index (χ0) is 18.5. The standard InChI is InChI=1S/C18H28N2O4.H3N/c1-12(2)14(19-17(22)24-18(3,4)5)9-8-13-10-11-20(6)15(13)16(21)23-7;/h8-12,14H,1-7H3,(H,19,22);1H3/b9-8+;. The Labute approximate surface area is 150 Å². The van der Waals surface area contributed by atoms with E-state index in [1.165, 1.54) is 7.11 Å². The van der Waals surface area contributed by atoms with E-state index in [0.29, 0.717) is 5.69 Å². The molecule has 142 valence electrons. The fourth-order valence-electron chi connectivity index (χ4n) is 2.13. The van der Waals surface area contributed by atoms with E-state index < -0.39 is 17.7 Å². The van der Waals surface area contributed by atoms with Gasteiger partial charge in [0.15, 0.2) is 0 Å². The van der Waals surface area contributed by atoms with Crippen LogP contribution in [-0.2, 0) is 16.5 Å². The molecule has 7 nitrogen and oxygen atoms in total. The van der Waals surface area contributed by atoms with Crippen molar-refractivity contribution in [3.63, 3.8) is 0 Å². The summed E-state index contributed by atoms with van der Waals surface area (Å²) in [5, 5.41) is 2.84. The third-order valence-corrected chi connectivity index (χ3v) is 3.37. The van der Waals surface area contributed by atoms with E-state index in [4.69, 9.17) is 9.47 Å². The van der Waals surface area contributed by atoms with Gasteiger partial charge in [-0.15, -0.1) is 0 Å². The molecular formula is C18H31N3O4. The van der Waals surface area contributed by atoms with Crippen molar-refractivity contribution in [3.05, 3.63) is 29.6 Å². The van der Waals surface area contributed by atoms with Crippen molar-refractivity contribution in [1.82, 2.24) is 16.0 Å². The molecule has 0 fully saturated rings. The Morgan fingerprint density at radius 3 is 2.36 bits per heavy atom. The van der Waals surface area contributed by atoms with Gasteiger partial charge in [0.25, 0.3) is 0 Å². The van der Waals surface area contributed by atoms with E-state index in [-0.39, 0.29) is 18.1 Å². The van der Waals surface area contributed by atoms with Crippen molar-refractivity contribution in [3.8, 4) is 0 Å². The lowest BCUT2D eigenvalue weighted by Crippen LogP contribution is -2.40. The summed E-state index contributed by atoms with van der Waals surface area (Å²) < 4.78 is 11.8. The van der Waals surface area contributed by atoms with Gasteiger partial charge in [0, 0.05) is 18.8 Å². The Bertz CT molecular complexity index is 612. The average molecular weight is 353 g/mol. The maximum atomic E-state index is 12.0. The Morgan fingerprint density at radius 2 is 1.88 bits per heavy atom. The number of alkyl carbamates (subject to hydrolysis) is 1. The molecule has 1 amide bonds. The minimum absolute atomic E-state index is 0. The quantitative estimate of drug-likeness (QED) is 0.788. The molecule has 0 spiro atoms. The van der Waals surface area contributed by atoms with Gasteiger partial charge in [-0.3, -0.25) is 0 Å². The number of aromatic nitrogens is 1. The summed E-state index contributed by atoms with van der Waals surface area (Å²) >= 11 is 0. The third kappa shape index (κ3) is 7.01. The molecule has 0 radical (unpaired) electrons. The van der Waals surface area contributed by atoms with Crippen molar-refractivity contribution in [1.29, 1.82) is 0 Å². The first-order valence-electron chi connectivity index (χ1n) is 7.96. The molecule has 1 heterocycles. The van der Waals surface area contributed by atoms with E-state index in [9.17, 15) is 9.59 Å². The number of carbonyl (C=O) groups excluding carboxylic acids is 2. The van der Waals surface area contributed by atoms with E-state index in [2.05, 4.69) is 5.32 Å². The van der Waals surface area contributed by atoms with Crippen molar-refractivity contribution < 1.29 is 19.1 Å². The normalized spacial score (nSPS) is 12.6. The molecule has 1 atom stereocenters. The predicted octanol–water partition coefficient (Wildman–Crippen LogP) is 3.54. The monoisotopic (exact) mass is 353 g/mol. The SMILES string of the molecule is COC(=O)c1c(/C=C/C(NC(=O)OC(C)(C)C)C(C)C)ccn1C.N. The maximum absolute atomic E-state index is 12.0. The molecule has 1 unspecified atom stereocenters. The number of methoxy groups -OCH3 is 1. The second-order valence-corrected chi connectivity index (χ2v) is 7.00. The van der Waals surface area contributed by atoms with Crippen molar-refractivity contribution in [2.45, 2.75) is 46.3 Å². The minimum Gasteiger partial charge on any atom is -0.464 e. The lowest BCUT2D eigenvalue weighted by molar-refractivity contribution is 0.0503. The molecule has 0 aliphatic heterocycles. The van der Waals surface area contributed by atoms with Gasteiger partial charge in [-0.05, 0) is 32.8 Å². The highest BCUT2D eigenvalue weighted by atomic mass is 16.6. The molecule has 1 rings (SSSR count). The number of hydrogen-bond acceptors (Lipinski definition) is 5. The van der Waals surface area contributed by atoms with Gasteiger partial charge < -0.3 is 25.5 Å². The first-order chi connectivity index (χ1) is 11.0.